The molecule has 1 saturated heterocycles. The zero-order chi connectivity index (χ0) is 23.3. The lowest BCUT2D eigenvalue weighted by atomic mass is 9.98. The summed E-state index contributed by atoms with van der Waals surface area (Å²) in [5.41, 5.74) is 6.28. The molecule has 10 heteroatoms. The van der Waals surface area contributed by atoms with Crippen LogP contribution in [0.4, 0.5) is 17.1 Å². The van der Waals surface area contributed by atoms with Crippen molar-refractivity contribution >= 4 is 34.8 Å². The van der Waals surface area contributed by atoms with Crippen LogP contribution in [-0.2, 0) is 4.79 Å². The summed E-state index contributed by atoms with van der Waals surface area (Å²) in [6, 6.07) is 10.5. The van der Waals surface area contributed by atoms with E-state index in [1.54, 1.807) is 12.1 Å². The van der Waals surface area contributed by atoms with Gasteiger partial charge in [0.1, 0.15) is 5.69 Å². The van der Waals surface area contributed by atoms with Gasteiger partial charge in [-0.15, -0.1) is 0 Å². The number of nitrogens with zero attached hydrogens (tertiary/aromatic N) is 2. The number of amides is 3. The molecule has 4 N–H and O–H groups in total. The van der Waals surface area contributed by atoms with Crippen molar-refractivity contribution in [3.63, 3.8) is 0 Å². The van der Waals surface area contributed by atoms with Gasteiger partial charge in [0.15, 0.2) is 0 Å². The van der Waals surface area contributed by atoms with Crippen molar-refractivity contribution in [1.82, 2.24) is 5.32 Å². The smallest absolute Gasteiger partial charge is 0.293 e. The van der Waals surface area contributed by atoms with Gasteiger partial charge in [0, 0.05) is 36.0 Å². The Kier molecular flexibility index (Phi) is 7.04. The highest BCUT2D eigenvalue weighted by atomic mass is 16.6. The van der Waals surface area contributed by atoms with Gasteiger partial charge in [0.05, 0.1) is 11.5 Å². The summed E-state index contributed by atoms with van der Waals surface area (Å²) in [7, 11) is 0. The summed E-state index contributed by atoms with van der Waals surface area (Å²) in [4.78, 5) is 48.5. The Morgan fingerprint density at radius 1 is 1.06 bits per heavy atom. The predicted octanol–water partition coefficient (Wildman–Crippen LogP) is 2.30. The van der Waals surface area contributed by atoms with Crippen LogP contribution in [0.15, 0.2) is 42.5 Å². The van der Waals surface area contributed by atoms with Crippen LogP contribution in [-0.4, -0.2) is 42.3 Å². The Morgan fingerprint density at radius 3 is 2.28 bits per heavy atom. The first-order chi connectivity index (χ1) is 15.2. The molecule has 0 atom stereocenters. The van der Waals surface area contributed by atoms with Crippen molar-refractivity contribution in [3.05, 3.63) is 63.7 Å². The molecule has 0 bridgehead atoms. The highest BCUT2D eigenvalue weighted by molar-refractivity contribution is 6.05. The number of hydrogen-bond acceptors (Lipinski definition) is 6. The van der Waals surface area contributed by atoms with Gasteiger partial charge in [-0.05, 0) is 55.2 Å². The topological polar surface area (TPSA) is 148 Å². The number of carbonyl (C=O) groups excluding carboxylic acids is 3. The maximum Gasteiger partial charge on any atom is 0.293 e. The maximum atomic E-state index is 12.6. The predicted molar refractivity (Wildman–Crippen MR) is 120 cm³/mol. The molecule has 32 heavy (non-hydrogen) atoms. The van der Waals surface area contributed by atoms with Gasteiger partial charge in [0.25, 0.3) is 17.5 Å². The summed E-state index contributed by atoms with van der Waals surface area (Å²) < 4.78 is 0. The quantitative estimate of drug-likeness (QED) is 0.445. The van der Waals surface area contributed by atoms with Crippen LogP contribution in [0.1, 0.15) is 40.5 Å². The minimum atomic E-state index is -0.655. The van der Waals surface area contributed by atoms with E-state index in [1.165, 1.54) is 30.3 Å². The van der Waals surface area contributed by atoms with Crippen LogP contribution in [0.5, 0.6) is 0 Å². The summed E-state index contributed by atoms with van der Waals surface area (Å²) >= 11 is 0. The van der Waals surface area contributed by atoms with Crippen LogP contribution in [0, 0.1) is 16.0 Å². The van der Waals surface area contributed by atoms with Crippen LogP contribution < -0.4 is 21.3 Å². The molecule has 0 unspecified atom stereocenters. The lowest BCUT2D eigenvalue weighted by molar-refractivity contribution is -0.384. The van der Waals surface area contributed by atoms with Crippen molar-refractivity contribution < 1.29 is 19.3 Å². The summed E-state index contributed by atoms with van der Waals surface area (Å²) in [6.07, 6.45) is 1.94. The molecule has 0 radical (unpaired) electrons. The molecule has 1 aliphatic heterocycles. The van der Waals surface area contributed by atoms with Crippen molar-refractivity contribution in [3.8, 4) is 0 Å². The number of rotatable bonds is 7. The Hall–Kier alpha value is -3.95. The molecule has 168 valence electrons. The van der Waals surface area contributed by atoms with Crippen molar-refractivity contribution in [2.24, 2.45) is 11.7 Å². The van der Waals surface area contributed by atoms with E-state index in [1.807, 2.05) is 4.90 Å². The molecular weight excluding hydrogens is 414 g/mol. The Morgan fingerprint density at radius 2 is 1.69 bits per heavy atom. The fourth-order valence-corrected chi connectivity index (χ4v) is 3.51. The highest BCUT2D eigenvalue weighted by Crippen LogP contribution is 2.32. The zero-order valence-corrected chi connectivity index (χ0v) is 17.7. The van der Waals surface area contributed by atoms with E-state index in [-0.39, 0.29) is 17.8 Å². The highest BCUT2D eigenvalue weighted by Gasteiger charge is 2.24. The first kappa shape index (κ1) is 22.7. The van der Waals surface area contributed by atoms with Crippen LogP contribution >= 0.6 is 0 Å². The summed E-state index contributed by atoms with van der Waals surface area (Å²) in [5, 5.41) is 16.7. The molecule has 0 spiro atoms. The number of hydrogen-bond donors (Lipinski definition) is 3. The molecule has 3 amide bonds. The summed E-state index contributed by atoms with van der Waals surface area (Å²) in [5.74, 6) is -1.04. The first-order valence-corrected chi connectivity index (χ1v) is 10.3. The average molecular weight is 439 g/mol. The van der Waals surface area contributed by atoms with Gasteiger partial charge in [0.2, 0.25) is 5.91 Å². The normalized spacial score (nSPS) is 14.0. The second-order valence-corrected chi connectivity index (χ2v) is 7.81. The number of primary amides is 1. The van der Waals surface area contributed by atoms with E-state index < -0.39 is 22.6 Å². The van der Waals surface area contributed by atoms with Gasteiger partial charge in [-0.2, -0.15) is 0 Å². The number of anilines is 2. The Balaban J connectivity index is 1.71. The zero-order valence-electron chi connectivity index (χ0n) is 17.7. The fourth-order valence-electron chi connectivity index (χ4n) is 3.51. The number of nitro groups is 1. The van der Waals surface area contributed by atoms with Crippen molar-refractivity contribution in [1.29, 1.82) is 0 Å². The van der Waals surface area contributed by atoms with Gasteiger partial charge in [-0.3, -0.25) is 24.5 Å². The fraction of sp³-hybridized carbons (Fsp3) is 0.318. The summed E-state index contributed by atoms with van der Waals surface area (Å²) in [6.45, 7) is 3.38. The van der Waals surface area contributed by atoms with Crippen LogP contribution in [0.2, 0.25) is 0 Å². The van der Waals surface area contributed by atoms with Gasteiger partial charge in [-0.1, -0.05) is 6.92 Å². The number of benzene rings is 2. The number of piperidine rings is 1. The number of nitrogens with two attached hydrogens (primary N) is 1. The largest absolute Gasteiger partial charge is 0.368 e. The molecule has 1 heterocycles. The molecule has 1 aliphatic rings. The molecule has 10 nitrogen and oxygen atoms in total. The molecule has 0 aromatic heterocycles. The first-order valence-electron chi connectivity index (χ1n) is 10.3. The van der Waals surface area contributed by atoms with Gasteiger partial charge in [-0.25, -0.2) is 0 Å². The average Bonchev–Trinajstić information content (AvgIpc) is 2.78. The third kappa shape index (κ3) is 5.60. The lowest BCUT2D eigenvalue weighted by Crippen LogP contribution is -2.33. The Labute approximate surface area is 184 Å². The van der Waals surface area contributed by atoms with Gasteiger partial charge >= 0.3 is 0 Å². The number of carbonyl (C=O) groups is 3. The van der Waals surface area contributed by atoms with E-state index in [2.05, 4.69) is 17.6 Å². The molecule has 2 aromatic rings. The van der Waals surface area contributed by atoms with Crippen LogP contribution in [0.25, 0.3) is 0 Å². The number of nitrogens with one attached hydrogen (secondary N) is 2. The van der Waals surface area contributed by atoms with Crippen molar-refractivity contribution in [2.75, 3.05) is 29.9 Å². The van der Waals surface area contributed by atoms with E-state index in [9.17, 15) is 24.5 Å². The van der Waals surface area contributed by atoms with Crippen LogP contribution in [0.3, 0.4) is 0 Å². The SMILES string of the molecule is CC1CCN(c2ccc(C(=O)Nc3ccc(C(=O)NCC(N)=O)cc3)cc2[N+](=O)[O-])CC1. The number of nitro benzene ring substituents is 1. The third-order valence-corrected chi connectivity index (χ3v) is 5.39. The maximum absolute atomic E-state index is 12.6. The third-order valence-electron chi connectivity index (χ3n) is 5.39. The monoisotopic (exact) mass is 439 g/mol. The molecule has 3 rings (SSSR count). The van der Waals surface area contributed by atoms with E-state index in [0.717, 1.165) is 25.9 Å². The molecule has 1 fully saturated rings. The molecule has 2 aromatic carbocycles. The second-order valence-electron chi connectivity index (χ2n) is 7.81. The van der Waals surface area contributed by atoms with Crippen molar-refractivity contribution in [2.45, 2.75) is 19.8 Å². The standard InChI is InChI=1S/C22H25N5O5/c1-14-8-10-26(11-9-14)18-7-4-16(12-19(18)27(31)32)22(30)25-17-5-2-15(3-6-17)21(29)24-13-20(23)28/h2-7,12,14H,8-11,13H2,1H3,(H2,23,28)(H,24,29)(H,25,30). The van der Waals surface area contributed by atoms with E-state index >= 15 is 0 Å². The van der Waals surface area contributed by atoms with E-state index in [4.69, 9.17) is 5.73 Å². The molecule has 0 aliphatic carbocycles. The second kappa shape index (κ2) is 9.90. The van der Waals surface area contributed by atoms with E-state index in [0.29, 0.717) is 22.9 Å². The lowest BCUT2D eigenvalue weighted by Gasteiger charge is -2.31. The minimum absolute atomic E-state index is 0.103. The minimum Gasteiger partial charge on any atom is -0.368 e. The molecule has 0 saturated carbocycles. The molecular formula is C22H25N5O5. The Bertz CT molecular complexity index is 1030. The van der Waals surface area contributed by atoms with Gasteiger partial charge < -0.3 is 21.3 Å².